The molecule has 2 N–H and O–H groups in total. The smallest absolute Gasteiger partial charge is 0.132 e. The van der Waals surface area contributed by atoms with Crippen molar-refractivity contribution >= 4 is 5.82 Å². The number of imidazole rings is 1. The van der Waals surface area contributed by atoms with Gasteiger partial charge in [-0.05, 0) is 25.0 Å². The van der Waals surface area contributed by atoms with Crippen molar-refractivity contribution in [3.8, 4) is 11.3 Å². The minimum absolute atomic E-state index is 0.520. The summed E-state index contributed by atoms with van der Waals surface area (Å²) in [6, 6.07) is 3.93. The summed E-state index contributed by atoms with van der Waals surface area (Å²) in [4.78, 5) is 9.05. The molecule has 3 rings (SSSR count). The van der Waals surface area contributed by atoms with Crippen LogP contribution in [-0.4, -0.2) is 14.5 Å². The van der Waals surface area contributed by atoms with Gasteiger partial charge in [-0.2, -0.15) is 0 Å². The number of nitrogens with two attached hydrogens (primary N) is 1. The summed E-state index contributed by atoms with van der Waals surface area (Å²) < 4.78 is 2.12. The summed E-state index contributed by atoms with van der Waals surface area (Å²) in [6.45, 7) is 4.56. The lowest BCUT2D eigenvalue weighted by molar-refractivity contribution is 0.419. The lowest BCUT2D eigenvalue weighted by Crippen LogP contribution is -2.13. The second kappa shape index (κ2) is 6.12. The average molecular weight is 282 g/mol. The first kappa shape index (κ1) is 13.9. The maximum atomic E-state index is 6.35. The fraction of sp³-hybridized carbons (Fsp3) is 0.412. The van der Waals surface area contributed by atoms with Crippen molar-refractivity contribution in [3.05, 3.63) is 43.0 Å². The van der Waals surface area contributed by atoms with E-state index in [1.807, 2.05) is 24.4 Å². The molecule has 1 saturated carbocycles. The van der Waals surface area contributed by atoms with E-state index in [0.717, 1.165) is 22.9 Å². The third-order valence-electron chi connectivity index (χ3n) is 4.25. The Morgan fingerprint density at radius 1 is 1.33 bits per heavy atom. The highest BCUT2D eigenvalue weighted by atomic mass is 15.1. The highest BCUT2D eigenvalue weighted by molar-refractivity contribution is 5.70. The second-order valence-electron chi connectivity index (χ2n) is 5.68. The predicted molar refractivity (Wildman–Crippen MR) is 85.9 cm³/mol. The first-order valence-electron chi connectivity index (χ1n) is 7.68. The van der Waals surface area contributed by atoms with E-state index in [-0.39, 0.29) is 0 Å². The summed E-state index contributed by atoms with van der Waals surface area (Å²) in [7, 11) is 0. The molecule has 1 fully saturated rings. The number of aromatic nitrogens is 3. The zero-order chi connectivity index (χ0) is 14.7. The van der Waals surface area contributed by atoms with E-state index in [2.05, 4.69) is 16.1 Å². The fourth-order valence-electron chi connectivity index (χ4n) is 3.19. The van der Waals surface area contributed by atoms with Gasteiger partial charge in [0.05, 0.1) is 0 Å². The Kier molecular flexibility index (Phi) is 4.04. The van der Waals surface area contributed by atoms with Gasteiger partial charge in [-0.25, -0.2) is 4.98 Å². The topological polar surface area (TPSA) is 56.7 Å². The first-order chi connectivity index (χ1) is 10.3. The quantitative estimate of drug-likeness (QED) is 0.869. The summed E-state index contributed by atoms with van der Waals surface area (Å²) in [5.41, 5.74) is 8.19. The van der Waals surface area contributed by atoms with E-state index in [9.17, 15) is 0 Å². The zero-order valence-electron chi connectivity index (χ0n) is 12.3. The SMILES string of the molecule is C=CCn1c(C2CCCCC2)nc(-c2cccnc2)c1N. The van der Waals surface area contributed by atoms with Crippen LogP contribution in [0.15, 0.2) is 37.2 Å². The Labute approximate surface area is 125 Å². The van der Waals surface area contributed by atoms with Gasteiger partial charge in [0.1, 0.15) is 17.3 Å². The minimum Gasteiger partial charge on any atom is -0.383 e. The Bertz CT molecular complexity index is 609. The van der Waals surface area contributed by atoms with Crippen LogP contribution in [0.4, 0.5) is 5.82 Å². The number of hydrogen-bond donors (Lipinski definition) is 1. The molecule has 1 aliphatic carbocycles. The Balaban J connectivity index is 2.04. The molecule has 110 valence electrons. The van der Waals surface area contributed by atoms with Gasteiger partial charge in [0.15, 0.2) is 0 Å². The Morgan fingerprint density at radius 3 is 2.81 bits per heavy atom. The lowest BCUT2D eigenvalue weighted by Gasteiger charge is -2.22. The molecule has 1 aliphatic rings. The molecule has 0 aromatic carbocycles. The molecule has 0 radical (unpaired) electrons. The molecule has 0 atom stereocenters. The zero-order valence-corrected chi connectivity index (χ0v) is 12.3. The molecule has 2 aromatic heterocycles. The molecular weight excluding hydrogens is 260 g/mol. The molecular formula is C17H22N4. The largest absolute Gasteiger partial charge is 0.383 e. The number of pyridine rings is 1. The maximum absolute atomic E-state index is 6.35. The van der Waals surface area contributed by atoms with Gasteiger partial charge < -0.3 is 10.3 Å². The van der Waals surface area contributed by atoms with Crippen molar-refractivity contribution < 1.29 is 0 Å². The fourth-order valence-corrected chi connectivity index (χ4v) is 3.19. The number of nitrogens with zero attached hydrogens (tertiary/aromatic N) is 3. The molecule has 0 bridgehead atoms. The van der Waals surface area contributed by atoms with Crippen LogP contribution >= 0.6 is 0 Å². The average Bonchev–Trinajstić information content (AvgIpc) is 2.87. The van der Waals surface area contributed by atoms with E-state index in [1.165, 1.54) is 32.1 Å². The van der Waals surface area contributed by atoms with Crippen molar-refractivity contribution in [1.82, 2.24) is 14.5 Å². The molecule has 0 spiro atoms. The molecule has 0 amide bonds. The van der Waals surface area contributed by atoms with Crippen LogP contribution in [0.3, 0.4) is 0 Å². The molecule has 0 unspecified atom stereocenters. The molecule has 0 saturated heterocycles. The van der Waals surface area contributed by atoms with Crippen LogP contribution < -0.4 is 5.73 Å². The highest BCUT2D eigenvalue weighted by Gasteiger charge is 2.24. The number of nitrogen functional groups attached to an aromatic ring is 1. The van der Waals surface area contributed by atoms with Crippen LogP contribution in [0.1, 0.15) is 43.8 Å². The molecule has 0 aliphatic heterocycles. The van der Waals surface area contributed by atoms with Crippen molar-refractivity contribution in [2.24, 2.45) is 0 Å². The standard InChI is InChI=1S/C17H22N4/c1-2-11-21-16(18)15(14-9-6-10-19-12-14)20-17(21)13-7-4-3-5-8-13/h2,6,9-10,12-13H,1,3-5,7-8,11,18H2. The minimum atomic E-state index is 0.520. The molecule has 21 heavy (non-hydrogen) atoms. The highest BCUT2D eigenvalue weighted by Crippen LogP contribution is 2.36. The van der Waals surface area contributed by atoms with Crippen LogP contribution in [0, 0.1) is 0 Å². The van der Waals surface area contributed by atoms with Crippen molar-refractivity contribution in [3.63, 3.8) is 0 Å². The first-order valence-corrected chi connectivity index (χ1v) is 7.68. The maximum Gasteiger partial charge on any atom is 0.132 e. The van der Waals surface area contributed by atoms with Gasteiger partial charge in [0.25, 0.3) is 0 Å². The van der Waals surface area contributed by atoms with E-state index in [1.54, 1.807) is 6.20 Å². The van der Waals surface area contributed by atoms with Crippen molar-refractivity contribution in [1.29, 1.82) is 0 Å². The van der Waals surface area contributed by atoms with E-state index in [4.69, 9.17) is 10.7 Å². The number of hydrogen-bond acceptors (Lipinski definition) is 3. The second-order valence-corrected chi connectivity index (χ2v) is 5.68. The predicted octanol–water partition coefficient (Wildman–Crippen LogP) is 3.76. The summed E-state index contributed by atoms with van der Waals surface area (Å²) in [5, 5.41) is 0. The monoisotopic (exact) mass is 282 g/mol. The third kappa shape index (κ3) is 2.71. The normalized spacial score (nSPS) is 16.0. The third-order valence-corrected chi connectivity index (χ3v) is 4.25. The number of allylic oxidation sites excluding steroid dienone is 1. The van der Waals surface area contributed by atoms with Gasteiger partial charge >= 0.3 is 0 Å². The molecule has 4 heteroatoms. The molecule has 4 nitrogen and oxygen atoms in total. The Hall–Kier alpha value is -2.10. The van der Waals surface area contributed by atoms with Gasteiger partial charge in [0.2, 0.25) is 0 Å². The molecule has 2 aromatic rings. The van der Waals surface area contributed by atoms with Crippen LogP contribution in [0.5, 0.6) is 0 Å². The van der Waals surface area contributed by atoms with E-state index in [0.29, 0.717) is 12.5 Å². The lowest BCUT2D eigenvalue weighted by atomic mass is 9.88. The van der Waals surface area contributed by atoms with Crippen LogP contribution in [0.2, 0.25) is 0 Å². The van der Waals surface area contributed by atoms with E-state index >= 15 is 0 Å². The van der Waals surface area contributed by atoms with Crippen molar-refractivity contribution in [2.75, 3.05) is 5.73 Å². The molecule has 2 heterocycles. The Morgan fingerprint density at radius 2 is 2.14 bits per heavy atom. The van der Waals surface area contributed by atoms with E-state index < -0.39 is 0 Å². The number of anilines is 1. The van der Waals surface area contributed by atoms with Gasteiger partial charge in [0, 0.05) is 30.4 Å². The summed E-state index contributed by atoms with van der Waals surface area (Å²) >= 11 is 0. The van der Waals surface area contributed by atoms with Crippen LogP contribution in [-0.2, 0) is 6.54 Å². The summed E-state index contributed by atoms with van der Waals surface area (Å²) in [6.07, 6.45) is 11.8. The summed E-state index contributed by atoms with van der Waals surface area (Å²) in [5.74, 6) is 2.36. The van der Waals surface area contributed by atoms with Gasteiger partial charge in [-0.15, -0.1) is 6.58 Å². The van der Waals surface area contributed by atoms with Crippen molar-refractivity contribution in [2.45, 2.75) is 44.6 Å². The van der Waals surface area contributed by atoms with Gasteiger partial charge in [-0.3, -0.25) is 4.98 Å². The van der Waals surface area contributed by atoms with Gasteiger partial charge in [-0.1, -0.05) is 25.3 Å². The van der Waals surface area contributed by atoms with Crippen LogP contribution in [0.25, 0.3) is 11.3 Å². The number of rotatable bonds is 4.